The van der Waals surface area contributed by atoms with E-state index in [0.717, 1.165) is 5.82 Å². The Balaban J connectivity index is 1.30. The van der Waals surface area contributed by atoms with E-state index in [0.29, 0.717) is 31.6 Å². The summed E-state index contributed by atoms with van der Waals surface area (Å²) in [5.41, 5.74) is 5.52. The molecule has 3 aromatic rings. The van der Waals surface area contributed by atoms with Gasteiger partial charge in [0.25, 0.3) is 0 Å². The molecule has 3 aromatic heterocycles. The highest BCUT2D eigenvalue weighted by Gasteiger charge is 2.26. The van der Waals surface area contributed by atoms with Crippen molar-refractivity contribution in [3.05, 3.63) is 42.6 Å². The van der Waals surface area contributed by atoms with E-state index in [4.69, 9.17) is 4.42 Å². The number of carbonyl (C=O) groups is 2. The van der Waals surface area contributed by atoms with Crippen LogP contribution < -0.4 is 15.8 Å². The molecule has 1 saturated heterocycles. The number of hydrazine groups is 1. The molecule has 4 rings (SSSR count). The molecule has 10 heteroatoms. The van der Waals surface area contributed by atoms with E-state index < -0.39 is 5.91 Å². The number of anilines is 1. The number of hydrogen-bond donors (Lipinski definition) is 2. The van der Waals surface area contributed by atoms with E-state index in [2.05, 4.69) is 31.0 Å². The highest BCUT2D eigenvalue weighted by Crippen LogP contribution is 2.21. The molecule has 2 N–H and O–H groups in total. The van der Waals surface area contributed by atoms with Crippen LogP contribution >= 0.6 is 0 Å². The first-order valence-corrected chi connectivity index (χ1v) is 8.26. The number of fused-ring (bicyclic) bond motifs is 1. The van der Waals surface area contributed by atoms with Crippen molar-refractivity contribution < 1.29 is 14.0 Å². The van der Waals surface area contributed by atoms with Crippen molar-refractivity contribution in [3.63, 3.8) is 0 Å². The van der Waals surface area contributed by atoms with Gasteiger partial charge in [0, 0.05) is 19.0 Å². The summed E-state index contributed by atoms with van der Waals surface area (Å²) in [4.78, 5) is 26.1. The van der Waals surface area contributed by atoms with Crippen molar-refractivity contribution in [2.75, 3.05) is 18.0 Å². The lowest BCUT2D eigenvalue weighted by molar-refractivity contribution is -0.126. The van der Waals surface area contributed by atoms with Crippen LogP contribution in [0.1, 0.15) is 23.4 Å². The number of aromatic nitrogens is 4. The monoisotopic (exact) mass is 355 g/mol. The van der Waals surface area contributed by atoms with E-state index in [1.165, 1.54) is 12.3 Å². The highest BCUT2D eigenvalue weighted by atomic mass is 16.3. The van der Waals surface area contributed by atoms with E-state index in [-0.39, 0.29) is 17.6 Å². The van der Waals surface area contributed by atoms with Crippen molar-refractivity contribution in [2.24, 2.45) is 5.92 Å². The Labute approximate surface area is 148 Å². The number of nitrogens with zero attached hydrogens (tertiary/aromatic N) is 5. The predicted octanol–water partition coefficient (Wildman–Crippen LogP) is 0.395. The summed E-state index contributed by atoms with van der Waals surface area (Å²) in [7, 11) is 0. The van der Waals surface area contributed by atoms with Crippen molar-refractivity contribution in [1.82, 2.24) is 30.7 Å². The zero-order valence-electron chi connectivity index (χ0n) is 13.8. The Morgan fingerprint density at radius 3 is 2.77 bits per heavy atom. The molecular weight excluding hydrogens is 338 g/mol. The molecule has 134 valence electrons. The van der Waals surface area contributed by atoms with Crippen LogP contribution in [0.4, 0.5) is 5.82 Å². The highest BCUT2D eigenvalue weighted by molar-refractivity contribution is 5.93. The maximum Gasteiger partial charge on any atom is 0.305 e. The van der Waals surface area contributed by atoms with Gasteiger partial charge in [0.1, 0.15) is 12.1 Å². The van der Waals surface area contributed by atoms with Crippen LogP contribution in [-0.2, 0) is 4.79 Å². The van der Waals surface area contributed by atoms with Crippen LogP contribution in [0, 0.1) is 5.92 Å². The number of hydrogen-bond acceptors (Lipinski definition) is 7. The van der Waals surface area contributed by atoms with Gasteiger partial charge in [-0.3, -0.25) is 20.4 Å². The van der Waals surface area contributed by atoms with Gasteiger partial charge in [-0.1, -0.05) is 0 Å². The Bertz CT molecular complexity index is 913. The zero-order chi connectivity index (χ0) is 17.9. The first-order chi connectivity index (χ1) is 12.7. The molecule has 0 aromatic carbocycles. The Morgan fingerprint density at radius 2 is 2.00 bits per heavy atom. The first kappa shape index (κ1) is 16.1. The van der Waals surface area contributed by atoms with Gasteiger partial charge in [-0.25, -0.2) is 0 Å². The molecular formula is C16H17N7O3. The van der Waals surface area contributed by atoms with Crippen molar-refractivity contribution >= 4 is 23.3 Å². The van der Waals surface area contributed by atoms with Crippen molar-refractivity contribution in [1.29, 1.82) is 0 Å². The fraction of sp³-hybridized carbons (Fsp3) is 0.312. The van der Waals surface area contributed by atoms with Gasteiger partial charge in [-0.15, -0.1) is 15.3 Å². The summed E-state index contributed by atoms with van der Waals surface area (Å²) in [6.45, 7) is 1.40. The summed E-state index contributed by atoms with van der Waals surface area (Å²) in [5, 5.41) is 12.2. The fourth-order valence-electron chi connectivity index (χ4n) is 2.95. The molecule has 0 spiro atoms. The van der Waals surface area contributed by atoms with E-state index in [9.17, 15) is 9.59 Å². The maximum absolute atomic E-state index is 12.2. The van der Waals surface area contributed by atoms with Gasteiger partial charge < -0.3 is 9.32 Å². The number of furan rings is 1. The molecule has 26 heavy (non-hydrogen) atoms. The lowest BCUT2D eigenvalue weighted by Crippen LogP contribution is -2.47. The molecule has 1 aliphatic heterocycles. The summed E-state index contributed by atoms with van der Waals surface area (Å²) in [6.07, 6.45) is 4.30. The van der Waals surface area contributed by atoms with Crippen LogP contribution in [-0.4, -0.2) is 44.7 Å². The molecule has 0 aliphatic carbocycles. The van der Waals surface area contributed by atoms with E-state index in [1.54, 1.807) is 16.9 Å². The third-order valence-electron chi connectivity index (χ3n) is 4.38. The lowest BCUT2D eigenvalue weighted by Gasteiger charge is -2.31. The standard InChI is InChI=1S/C16H17N7O3/c24-15(19-20-16(25)12-2-1-9-26-12)11-5-7-22(8-6-11)14-4-3-13-18-17-10-23(13)21-14/h1-4,9-11H,5-8H2,(H,19,24)(H,20,25). The molecule has 2 amide bonds. The summed E-state index contributed by atoms with van der Waals surface area (Å²) >= 11 is 0. The van der Waals surface area contributed by atoms with Gasteiger partial charge >= 0.3 is 5.91 Å². The molecule has 0 saturated carbocycles. The van der Waals surface area contributed by atoms with E-state index >= 15 is 0 Å². The Kier molecular flexibility index (Phi) is 4.22. The zero-order valence-corrected chi connectivity index (χ0v) is 13.8. The minimum absolute atomic E-state index is 0.149. The summed E-state index contributed by atoms with van der Waals surface area (Å²) in [5.74, 6) is 0.124. The molecule has 0 unspecified atom stereocenters. The van der Waals surface area contributed by atoms with Gasteiger partial charge in [-0.2, -0.15) is 4.52 Å². The predicted molar refractivity (Wildman–Crippen MR) is 90.0 cm³/mol. The third kappa shape index (κ3) is 3.21. The Morgan fingerprint density at radius 1 is 1.15 bits per heavy atom. The second kappa shape index (κ2) is 6.82. The second-order valence-electron chi connectivity index (χ2n) is 6.01. The smallest absolute Gasteiger partial charge is 0.305 e. The maximum atomic E-state index is 12.2. The largest absolute Gasteiger partial charge is 0.459 e. The van der Waals surface area contributed by atoms with Crippen LogP contribution in [0.2, 0.25) is 0 Å². The van der Waals surface area contributed by atoms with Gasteiger partial charge in [0.2, 0.25) is 5.91 Å². The topological polar surface area (TPSA) is 118 Å². The first-order valence-electron chi connectivity index (χ1n) is 8.26. The third-order valence-corrected chi connectivity index (χ3v) is 4.38. The molecule has 0 radical (unpaired) electrons. The number of piperidine rings is 1. The normalized spacial score (nSPS) is 15.2. The number of rotatable bonds is 3. The van der Waals surface area contributed by atoms with Gasteiger partial charge in [0.05, 0.1) is 6.26 Å². The molecule has 1 fully saturated rings. The minimum Gasteiger partial charge on any atom is -0.459 e. The van der Waals surface area contributed by atoms with Gasteiger partial charge in [0.15, 0.2) is 11.4 Å². The van der Waals surface area contributed by atoms with Crippen molar-refractivity contribution in [3.8, 4) is 0 Å². The lowest BCUT2D eigenvalue weighted by atomic mass is 9.96. The fourth-order valence-corrected chi connectivity index (χ4v) is 2.95. The molecule has 0 atom stereocenters. The second-order valence-corrected chi connectivity index (χ2v) is 6.01. The number of carbonyl (C=O) groups excluding carboxylic acids is 2. The van der Waals surface area contributed by atoms with Crippen molar-refractivity contribution in [2.45, 2.75) is 12.8 Å². The molecule has 1 aliphatic rings. The molecule has 4 heterocycles. The van der Waals surface area contributed by atoms with Crippen LogP contribution in [0.15, 0.2) is 41.3 Å². The number of amides is 2. The van der Waals surface area contributed by atoms with Crippen LogP contribution in [0.5, 0.6) is 0 Å². The molecule has 10 nitrogen and oxygen atoms in total. The summed E-state index contributed by atoms with van der Waals surface area (Å²) < 4.78 is 6.60. The average molecular weight is 355 g/mol. The number of nitrogens with one attached hydrogen (secondary N) is 2. The molecule has 0 bridgehead atoms. The average Bonchev–Trinajstić information content (AvgIpc) is 3.37. The van der Waals surface area contributed by atoms with Crippen LogP contribution in [0.25, 0.3) is 5.65 Å². The van der Waals surface area contributed by atoms with Gasteiger partial charge in [-0.05, 0) is 37.1 Å². The minimum atomic E-state index is -0.479. The quantitative estimate of drug-likeness (QED) is 0.653. The van der Waals surface area contributed by atoms with E-state index in [1.807, 2.05) is 12.1 Å². The summed E-state index contributed by atoms with van der Waals surface area (Å²) in [6, 6.07) is 6.89. The Hall–Kier alpha value is -3.43. The SMILES string of the molecule is O=C(NNC(=O)C1CCN(c2ccc3nncn3n2)CC1)c1ccco1. The van der Waals surface area contributed by atoms with Crippen LogP contribution in [0.3, 0.4) is 0 Å².